The first-order valence-electron chi connectivity index (χ1n) is 9.16. The predicted octanol–water partition coefficient (Wildman–Crippen LogP) is 6.03. The second-order valence-electron chi connectivity index (χ2n) is 6.15. The SMILES string of the molecule is C=Cc1ccc(C(=O)O)cc1.CCCC(C)SOc1ccc(/C=C/C(=O)O)cc1. The van der Waals surface area contributed by atoms with Gasteiger partial charge in [0, 0.05) is 11.3 Å². The molecule has 0 saturated carbocycles. The third kappa shape index (κ3) is 10.2. The van der Waals surface area contributed by atoms with Crippen LogP contribution in [0.3, 0.4) is 0 Å². The lowest BCUT2D eigenvalue weighted by Crippen LogP contribution is -1.97. The molecule has 1 atom stereocenters. The van der Waals surface area contributed by atoms with E-state index in [9.17, 15) is 9.59 Å². The number of carboxylic acid groups (broad SMARTS) is 2. The third-order valence-corrected chi connectivity index (χ3v) is 4.55. The van der Waals surface area contributed by atoms with Crippen molar-refractivity contribution >= 4 is 36.1 Å². The maximum Gasteiger partial charge on any atom is 0.335 e. The van der Waals surface area contributed by atoms with E-state index in [1.54, 1.807) is 36.4 Å². The summed E-state index contributed by atoms with van der Waals surface area (Å²) in [5.74, 6) is -1.06. The van der Waals surface area contributed by atoms with E-state index in [0.717, 1.165) is 35.8 Å². The molecule has 0 aliphatic heterocycles. The van der Waals surface area contributed by atoms with Gasteiger partial charge in [-0.1, -0.05) is 57.2 Å². The van der Waals surface area contributed by atoms with Crippen LogP contribution in [-0.2, 0) is 4.79 Å². The molecule has 154 valence electrons. The fraction of sp³-hybridized carbons (Fsp3) is 0.217. The van der Waals surface area contributed by atoms with E-state index in [4.69, 9.17) is 14.4 Å². The molecular weight excluding hydrogens is 388 g/mol. The maximum atomic E-state index is 10.4. The van der Waals surface area contributed by atoms with Crippen molar-refractivity contribution in [2.75, 3.05) is 0 Å². The Hall–Kier alpha value is -2.99. The molecule has 1 unspecified atom stereocenters. The minimum Gasteiger partial charge on any atom is -0.478 e. The van der Waals surface area contributed by atoms with Crippen molar-refractivity contribution in [1.82, 2.24) is 0 Å². The predicted molar refractivity (Wildman–Crippen MR) is 119 cm³/mol. The highest BCUT2D eigenvalue weighted by Crippen LogP contribution is 2.22. The Morgan fingerprint density at radius 2 is 1.66 bits per heavy atom. The van der Waals surface area contributed by atoms with Crippen LogP contribution in [0.5, 0.6) is 5.75 Å². The fourth-order valence-corrected chi connectivity index (χ4v) is 2.87. The van der Waals surface area contributed by atoms with E-state index in [1.807, 2.05) is 24.3 Å². The second-order valence-corrected chi connectivity index (χ2v) is 7.31. The van der Waals surface area contributed by atoms with Gasteiger partial charge in [0.2, 0.25) is 0 Å². The lowest BCUT2D eigenvalue weighted by Gasteiger charge is -2.09. The van der Waals surface area contributed by atoms with Gasteiger partial charge in [-0.25, -0.2) is 9.59 Å². The average molecular weight is 415 g/mol. The first-order chi connectivity index (χ1) is 13.8. The number of aliphatic carboxylic acids is 1. The lowest BCUT2D eigenvalue weighted by atomic mass is 10.1. The molecule has 6 heteroatoms. The average Bonchev–Trinajstić information content (AvgIpc) is 2.72. The zero-order valence-corrected chi connectivity index (χ0v) is 17.4. The highest BCUT2D eigenvalue weighted by atomic mass is 32.2. The van der Waals surface area contributed by atoms with E-state index in [2.05, 4.69) is 20.4 Å². The number of hydrogen-bond acceptors (Lipinski definition) is 4. The molecule has 2 N–H and O–H groups in total. The molecule has 29 heavy (non-hydrogen) atoms. The van der Waals surface area contributed by atoms with E-state index < -0.39 is 11.9 Å². The van der Waals surface area contributed by atoms with Gasteiger partial charge < -0.3 is 14.4 Å². The highest BCUT2D eigenvalue weighted by Gasteiger charge is 2.03. The van der Waals surface area contributed by atoms with Gasteiger partial charge in [-0.2, -0.15) is 0 Å². The summed E-state index contributed by atoms with van der Waals surface area (Å²) in [6.07, 6.45) is 6.62. The minimum absolute atomic E-state index is 0.301. The zero-order chi connectivity index (χ0) is 21.6. The van der Waals surface area contributed by atoms with Crippen LogP contribution in [0.2, 0.25) is 0 Å². The molecule has 5 nitrogen and oxygen atoms in total. The normalized spacial score (nSPS) is 11.2. The molecule has 0 aliphatic rings. The van der Waals surface area contributed by atoms with Gasteiger partial charge >= 0.3 is 11.9 Å². The van der Waals surface area contributed by atoms with E-state index in [0.29, 0.717) is 10.8 Å². The minimum atomic E-state index is -0.945. The van der Waals surface area contributed by atoms with Crippen LogP contribution in [0.15, 0.2) is 61.2 Å². The van der Waals surface area contributed by atoms with Crippen LogP contribution >= 0.6 is 12.0 Å². The second kappa shape index (κ2) is 13.2. The number of aromatic carboxylic acids is 1. The Kier molecular flexibility index (Phi) is 11.0. The van der Waals surface area contributed by atoms with E-state index in [1.165, 1.54) is 12.0 Å². The molecule has 2 aromatic carbocycles. The first kappa shape index (κ1) is 24.0. The van der Waals surface area contributed by atoms with E-state index in [-0.39, 0.29) is 0 Å². The number of hydrogen-bond donors (Lipinski definition) is 2. The summed E-state index contributed by atoms with van der Waals surface area (Å²) >= 11 is 1.47. The summed E-state index contributed by atoms with van der Waals surface area (Å²) in [4.78, 5) is 20.7. The van der Waals surface area contributed by atoms with Crippen molar-refractivity contribution in [3.8, 4) is 5.75 Å². The summed E-state index contributed by atoms with van der Waals surface area (Å²) in [6, 6.07) is 13.9. The number of rotatable bonds is 9. The number of carbonyl (C=O) groups is 2. The third-order valence-electron chi connectivity index (χ3n) is 3.70. The molecule has 0 saturated heterocycles. The van der Waals surface area contributed by atoms with Gasteiger partial charge in [-0.3, -0.25) is 0 Å². The molecule has 0 bridgehead atoms. The monoisotopic (exact) mass is 414 g/mol. The molecule has 0 radical (unpaired) electrons. The van der Waals surface area contributed by atoms with Crippen LogP contribution in [0.25, 0.3) is 12.2 Å². The van der Waals surface area contributed by atoms with Crippen LogP contribution in [-0.4, -0.2) is 27.4 Å². The Labute approximate surface area is 175 Å². The van der Waals surface area contributed by atoms with Gasteiger partial charge in [-0.05, 0) is 47.9 Å². The Morgan fingerprint density at radius 3 is 2.14 bits per heavy atom. The van der Waals surface area contributed by atoms with Gasteiger partial charge in [0.05, 0.1) is 17.6 Å². The molecule has 0 aliphatic carbocycles. The maximum absolute atomic E-state index is 10.4. The molecule has 0 fully saturated rings. The zero-order valence-electron chi connectivity index (χ0n) is 16.6. The molecule has 0 heterocycles. The van der Waals surface area contributed by atoms with Crippen molar-refractivity contribution in [2.45, 2.75) is 31.9 Å². The summed E-state index contributed by atoms with van der Waals surface area (Å²) in [7, 11) is 0. The highest BCUT2D eigenvalue weighted by molar-refractivity contribution is 7.95. The van der Waals surface area contributed by atoms with Crippen LogP contribution in [0, 0.1) is 0 Å². The largest absolute Gasteiger partial charge is 0.478 e. The molecule has 0 spiro atoms. The van der Waals surface area contributed by atoms with Crippen molar-refractivity contribution < 1.29 is 24.0 Å². The summed E-state index contributed by atoms with van der Waals surface area (Å²) < 4.78 is 5.58. The summed E-state index contributed by atoms with van der Waals surface area (Å²) in [5.41, 5.74) is 2.07. The van der Waals surface area contributed by atoms with E-state index >= 15 is 0 Å². The molecule has 0 aromatic heterocycles. The van der Waals surface area contributed by atoms with Gasteiger partial charge in [0.15, 0.2) is 0 Å². The quantitative estimate of drug-likeness (QED) is 0.385. The first-order valence-corrected chi connectivity index (χ1v) is 9.96. The van der Waals surface area contributed by atoms with Crippen molar-refractivity contribution in [2.24, 2.45) is 0 Å². The number of carboxylic acids is 2. The number of benzene rings is 2. The fourth-order valence-electron chi connectivity index (χ4n) is 2.16. The van der Waals surface area contributed by atoms with Crippen molar-refractivity contribution in [3.63, 3.8) is 0 Å². The van der Waals surface area contributed by atoms with Crippen LogP contribution < -0.4 is 4.18 Å². The molecule has 0 amide bonds. The standard InChI is InChI=1S/C14H18O3S.C9H8O2/c1-3-4-11(2)18-17-13-8-5-12(6-9-13)7-10-14(15)16;1-2-7-3-5-8(6-4-7)9(10)11/h5-11H,3-4H2,1-2H3,(H,15,16);2-6H,1H2,(H,10,11)/b10-7+;. The molecule has 2 rings (SSSR count). The Balaban J connectivity index is 0.000000326. The van der Waals surface area contributed by atoms with Crippen LogP contribution in [0.4, 0.5) is 0 Å². The van der Waals surface area contributed by atoms with Gasteiger partial charge in [0.1, 0.15) is 5.75 Å². The molecular formula is C23H26O5S. The molecule has 2 aromatic rings. The Bertz CT molecular complexity index is 810. The Morgan fingerprint density at radius 1 is 1.07 bits per heavy atom. The van der Waals surface area contributed by atoms with Crippen molar-refractivity contribution in [3.05, 3.63) is 77.9 Å². The van der Waals surface area contributed by atoms with Crippen LogP contribution in [0.1, 0.15) is 48.2 Å². The lowest BCUT2D eigenvalue weighted by molar-refractivity contribution is -0.131. The smallest absolute Gasteiger partial charge is 0.335 e. The van der Waals surface area contributed by atoms with Crippen molar-refractivity contribution in [1.29, 1.82) is 0 Å². The van der Waals surface area contributed by atoms with Gasteiger partial charge in [-0.15, -0.1) is 0 Å². The van der Waals surface area contributed by atoms with Gasteiger partial charge in [0.25, 0.3) is 0 Å². The summed E-state index contributed by atoms with van der Waals surface area (Å²) in [6.45, 7) is 7.85. The summed E-state index contributed by atoms with van der Waals surface area (Å²) in [5, 5.41) is 17.5. The topological polar surface area (TPSA) is 83.8 Å².